The van der Waals surface area contributed by atoms with Crippen LogP contribution in [0.1, 0.15) is 0 Å². The van der Waals surface area contributed by atoms with Gasteiger partial charge in [0.15, 0.2) is 0 Å². The normalized spacial score (nSPS) is 19.5. The Bertz CT molecular complexity index is 222. The molecular weight excluding hydrogens is 231 g/mol. The first kappa shape index (κ1) is 14.5. The first-order chi connectivity index (χ1) is 8.01. The molecule has 1 aliphatic heterocycles. The Kier molecular flexibility index (Phi) is 5.94. The van der Waals surface area contributed by atoms with Gasteiger partial charge < -0.3 is 5.32 Å². The monoisotopic (exact) mass is 251 g/mol. The van der Waals surface area contributed by atoms with Gasteiger partial charge in [-0.25, -0.2) is 0 Å². The summed E-state index contributed by atoms with van der Waals surface area (Å²) in [6.45, 7) is 7.75. The van der Waals surface area contributed by atoms with E-state index in [-0.39, 0.29) is 0 Å². The molecule has 0 amide bonds. The Morgan fingerprint density at radius 2 is 1.71 bits per heavy atom. The van der Waals surface area contributed by atoms with E-state index >= 15 is 0 Å². The molecule has 0 aliphatic carbocycles. The fourth-order valence-electron chi connectivity index (χ4n) is 1.87. The van der Waals surface area contributed by atoms with Crippen LogP contribution >= 0.6 is 0 Å². The molecule has 1 aliphatic rings. The minimum Gasteiger partial charge on any atom is -0.312 e. The van der Waals surface area contributed by atoms with Crippen LogP contribution in [0.5, 0.6) is 0 Å². The lowest BCUT2D eigenvalue weighted by Gasteiger charge is -2.34. The highest BCUT2D eigenvalue weighted by atomic mass is 19.4. The SMILES string of the molecule is C=CCNCCN1CCN(CC(F)(F)F)CC1. The summed E-state index contributed by atoms with van der Waals surface area (Å²) in [5.74, 6) is 0. The molecule has 0 aromatic carbocycles. The molecule has 1 heterocycles. The van der Waals surface area contributed by atoms with E-state index in [0.29, 0.717) is 26.2 Å². The number of nitrogens with zero attached hydrogens (tertiary/aromatic N) is 2. The van der Waals surface area contributed by atoms with Crippen molar-refractivity contribution in [1.82, 2.24) is 15.1 Å². The molecule has 1 fully saturated rings. The van der Waals surface area contributed by atoms with E-state index in [1.807, 2.05) is 0 Å². The molecule has 1 N–H and O–H groups in total. The lowest BCUT2D eigenvalue weighted by atomic mass is 10.3. The molecule has 0 atom stereocenters. The Morgan fingerprint density at radius 1 is 1.12 bits per heavy atom. The molecule has 0 bridgehead atoms. The van der Waals surface area contributed by atoms with Crippen molar-refractivity contribution in [3.05, 3.63) is 12.7 Å². The third-order valence-electron chi connectivity index (χ3n) is 2.76. The quantitative estimate of drug-likeness (QED) is 0.560. The Hall–Kier alpha value is -0.590. The molecule has 1 saturated heterocycles. The number of hydrogen-bond donors (Lipinski definition) is 1. The third-order valence-corrected chi connectivity index (χ3v) is 2.76. The van der Waals surface area contributed by atoms with E-state index in [9.17, 15) is 13.2 Å². The molecular formula is C11H20F3N3. The molecule has 100 valence electrons. The zero-order valence-corrected chi connectivity index (χ0v) is 9.97. The van der Waals surface area contributed by atoms with Crippen LogP contribution in [0.4, 0.5) is 13.2 Å². The van der Waals surface area contributed by atoms with Crippen LogP contribution in [0.15, 0.2) is 12.7 Å². The molecule has 17 heavy (non-hydrogen) atoms. The van der Waals surface area contributed by atoms with Gasteiger partial charge in [0.1, 0.15) is 0 Å². The number of rotatable bonds is 6. The molecule has 0 aromatic rings. The summed E-state index contributed by atoms with van der Waals surface area (Å²) in [7, 11) is 0. The second-order valence-electron chi connectivity index (χ2n) is 4.23. The maximum Gasteiger partial charge on any atom is 0.401 e. The molecule has 0 unspecified atom stereocenters. The molecule has 1 rings (SSSR count). The predicted octanol–water partition coefficient (Wildman–Crippen LogP) is 0.942. The Labute approximate surface area is 100 Å². The summed E-state index contributed by atoms with van der Waals surface area (Å²) in [6.07, 6.45) is -2.28. The van der Waals surface area contributed by atoms with Crippen molar-refractivity contribution in [3.8, 4) is 0 Å². The van der Waals surface area contributed by atoms with Crippen molar-refractivity contribution >= 4 is 0 Å². The molecule has 0 radical (unpaired) electrons. The van der Waals surface area contributed by atoms with Crippen LogP contribution < -0.4 is 5.32 Å². The van der Waals surface area contributed by atoms with Crippen LogP contribution in [0, 0.1) is 0 Å². The summed E-state index contributed by atoms with van der Waals surface area (Å²) in [6, 6.07) is 0. The second-order valence-corrected chi connectivity index (χ2v) is 4.23. The Morgan fingerprint density at radius 3 is 2.24 bits per heavy atom. The van der Waals surface area contributed by atoms with Crippen LogP contribution in [-0.2, 0) is 0 Å². The zero-order chi connectivity index (χ0) is 12.7. The van der Waals surface area contributed by atoms with Crippen molar-refractivity contribution in [2.45, 2.75) is 6.18 Å². The van der Waals surface area contributed by atoms with E-state index < -0.39 is 12.7 Å². The Balaban J connectivity index is 2.11. The van der Waals surface area contributed by atoms with Crippen LogP contribution in [0.2, 0.25) is 0 Å². The minimum atomic E-state index is -4.08. The average molecular weight is 251 g/mol. The second kappa shape index (κ2) is 6.98. The lowest BCUT2D eigenvalue weighted by molar-refractivity contribution is -0.149. The zero-order valence-electron chi connectivity index (χ0n) is 9.97. The van der Waals surface area contributed by atoms with Gasteiger partial charge in [0.25, 0.3) is 0 Å². The third kappa shape index (κ3) is 6.65. The van der Waals surface area contributed by atoms with Crippen molar-refractivity contribution in [3.63, 3.8) is 0 Å². The number of nitrogens with one attached hydrogen (secondary N) is 1. The van der Waals surface area contributed by atoms with Gasteiger partial charge in [-0.05, 0) is 0 Å². The standard InChI is InChI=1S/C11H20F3N3/c1-2-3-15-4-5-16-6-8-17(9-7-16)10-11(12,13)14/h2,15H,1,3-10H2. The maximum atomic E-state index is 12.2. The van der Waals surface area contributed by atoms with Crippen LogP contribution in [0.25, 0.3) is 0 Å². The smallest absolute Gasteiger partial charge is 0.312 e. The number of halogens is 3. The number of alkyl halides is 3. The number of piperazine rings is 1. The lowest BCUT2D eigenvalue weighted by Crippen LogP contribution is -2.50. The highest BCUT2D eigenvalue weighted by Crippen LogP contribution is 2.17. The largest absolute Gasteiger partial charge is 0.401 e. The van der Waals surface area contributed by atoms with Crippen molar-refractivity contribution in [2.75, 3.05) is 52.4 Å². The van der Waals surface area contributed by atoms with E-state index in [1.54, 1.807) is 6.08 Å². The van der Waals surface area contributed by atoms with Gasteiger partial charge >= 0.3 is 6.18 Å². The first-order valence-corrected chi connectivity index (χ1v) is 5.84. The van der Waals surface area contributed by atoms with E-state index in [4.69, 9.17) is 0 Å². The van der Waals surface area contributed by atoms with E-state index in [0.717, 1.165) is 19.6 Å². The van der Waals surface area contributed by atoms with Gasteiger partial charge in [0, 0.05) is 45.8 Å². The predicted molar refractivity (Wildman–Crippen MR) is 62.0 cm³/mol. The fourth-order valence-corrected chi connectivity index (χ4v) is 1.87. The number of hydrogen-bond acceptors (Lipinski definition) is 3. The molecule has 0 spiro atoms. The summed E-state index contributed by atoms with van der Waals surface area (Å²) in [5.41, 5.74) is 0. The maximum absolute atomic E-state index is 12.2. The van der Waals surface area contributed by atoms with Crippen molar-refractivity contribution in [2.24, 2.45) is 0 Å². The van der Waals surface area contributed by atoms with E-state index in [1.165, 1.54) is 4.90 Å². The van der Waals surface area contributed by atoms with Crippen LogP contribution in [0.3, 0.4) is 0 Å². The van der Waals surface area contributed by atoms with E-state index in [2.05, 4.69) is 16.8 Å². The minimum absolute atomic E-state index is 0.501. The van der Waals surface area contributed by atoms with Crippen molar-refractivity contribution < 1.29 is 13.2 Å². The topological polar surface area (TPSA) is 18.5 Å². The van der Waals surface area contributed by atoms with Gasteiger partial charge in [-0.3, -0.25) is 9.80 Å². The summed E-state index contributed by atoms with van der Waals surface area (Å²) in [4.78, 5) is 3.65. The van der Waals surface area contributed by atoms with Gasteiger partial charge in [-0.1, -0.05) is 6.08 Å². The summed E-state index contributed by atoms with van der Waals surface area (Å²) < 4.78 is 36.5. The van der Waals surface area contributed by atoms with Gasteiger partial charge in [0.05, 0.1) is 6.54 Å². The average Bonchev–Trinajstić information content (AvgIpc) is 2.25. The highest BCUT2D eigenvalue weighted by molar-refractivity contribution is 4.75. The van der Waals surface area contributed by atoms with Crippen LogP contribution in [-0.4, -0.2) is 68.3 Å². The summed E-state index contributed by atoms with van der Waals surface area (Å²) in [5, 5.41) is 3.18. The van der Waals surface area contributed by atoms with Gasteiger partial charge in [-0.2, -0.15) is 13.2 Å². The molecule has 0 saturated carbocycles. The van der Waals surface area contributed by atoms with Crippen molar-refractivity contribution in [1.29, 1.82) is 0 Å². The van der Waals surface area contributed by atoms with Gasteiger partial charge in [0.2, 0.25) is 0 Å². The summed E-state index contributed by atoms with van der Waals surface area (Å²) >= 11 is 0. The van der Waals surface area contributed by atoms with Gasteiger partial charge in [-0.15, -0.1) is 6.58 Å². The molecule has 0 aromatic heterocycles. The molecule has 6 heteroatoms. The first-order valence-electron chi connectivity index (χ1n) is 5.84. The highest BCUT2D eigenvalue weighted by Gasteiger charge is 2.31. The molecule has 3 nitrogen and oxygen atoms in total. The fraction of sp³-hybridized carbons (Fsp3) is 0.818.